The molecule has 1 aromatic heterocycles. The molecule has 2 aromatic carbocycles. The summed E-state index contributed by atoms with van der Waals surface area (Å²) in [4.78, 5) is 21.6. The molecule has 1 saturated heterocycles. The number of carbonyl (C=O) groups excluding carboxylic acids is 1. The first-order chi connectivity index (χ1) is 12.1. The highest BCUT2D eigenvalue weighted by Crippen LogP contribution is 2.31. The lowest BCUT2D eigenvalue weighted by Gasteiger charge is -2.34. The zero-order chi connectivity index (χ0) is 17.4. The molecule has 128 valence electrons. The maximum absolute atomic E-state index is 12.6. The van der Waals surface area contributed by atoms with Gasteiger partial charge in [0.1, 0.15) is 0 Å². The molecule has 25 heavy (non-hydrogen) atoms. The predicted molar refractivity (Wildman–Crippen MR) is 110 cm³/mol. The van der Waals surface area contributed by atoms with Crippen molar-refractivity contribution in [1.29, 1.82) is 0 Å². The van der Waals surface area contributed by atoms with Crippen LogP contribution in [-0.4, -0.2) is 42.0 Å². The predicted octanol–water partition coefficient (Wildman–Crippen LogP) is 4.78. The molecule has 4 nitrogen and oxygen atoms in total. The van der Waals surface area contributed by atoms with Crippen LogP contribution >= 0.6 is 43.2 Å². The molecule has 1 aliphatic heterocycles. The molecule has 2 heterocycles. The van der Waals surface area contributed by atoms with Gasteiger partial charge in [-0.1, -0.05) is 49.3 Å². The monoisotopic (exact) mass is 479 g/mol. The molecule has 0 N–H and O–H groups in total. The van der Waals surface area contributed by atoms with Crippen LogP contribution in [0.3, 0.4) is 0 Å². The molecule has 0 radical (unpaired) electrons. The molecule has 7 heteroatoms. The Morgan fingerprint density at radius 1 is 1.00 bits per heavy atom. The van der Waals surface area contributed by atoms with Crippen LogP contribution in [0.2, 0.25) is 0 Å². The Hall–Kier alpha value is -1.44. The Morgan fingerprint density at radius 3 is 2.52 bits per heavy atom. The molecule has 1 amide bonds. The van der Waals surface area contributed by atoms with Crippen molar-refractivity contribution in [2.75, 3.05) is 31.1 Å². The molecular formula is C18H15Br2N3OS. The quantitative estimate of drug-likeness (QED) is 0.529. The van der Waals surface area contributed by atoms with E-state index < -0.39 is 0 Å². The van der Waals surface area contributed by atoms with Gasteiger partial charge in [-0.2, -0.15) is 0 Å². The Balaban J connectivity index is 1.46. The van der Waals surface area contributed by atoms with Crippen LogP contribution in [0.25, 0.3) is 10.2 Å². The topological polar surface area (TPSA) is 36.4 Å². The zero-order valence-corrected chi connectivity index (χ0v) is 17.3. The maximum atomic E-state index is 12.6. The van der Waals surface area contributed by atoms with Gasteiger partial charge in [0.15, 0.2) is 5.13 Å². The number of fused-ring (bicyclic) bond motifs is 1. The Bertz CT molecular complexity index is 935. The number of carbonyl (C=O) groups is 1. The second-order valence-corrected chi connectivity index (χ2v) is 8.74. The largest absolute Gasteiger partial charge is 0.345 e. The normalized spacial score (nSPS) is 15.0. The van der Waals surface area contributed by atoms with Gasteiger partial charge in [-0.15, -0.1) is 0 Å². The van der Waals surface area contributed by atoms with E-state index in [4.69, 9.17) is 4.98 Å². The number of thiazole rings is 1. The fraction of sp³-hybridized carbons (Fsp3) is 0.222. The molecule has 0 spiro atoms. The summed E-state index contributed by atoms with van der Waals surface area (Å²) in [5.41, 5.74) is 1.75. The summed E-state index contributed by atoms with van der Waals surface area (Å²) in [5.74, 6) is 0.0918. The summed E-state index contributed by atoms with van der Waals surface area (Å²) < 4.78 is 3.18. The van der Waals surface area contributed by atoms with Crippen molar-refractivity contribution >= 4 is 64.5 Å². The fourth-order valence-corrected chi connectivity index (χ4v) is 4.89. The van der Waals surface area contributed by atoms with Gasteiger partial charge in [0.05, 0.1) is 10.2 Å². The number of hydrogen-bond acceptors (Lipinski definition) is 4. The maximum Gasteiger partial charge on any atom is 0.254 e. The molecule has 0 unspecified atom stereocenters. The van der Waals surface area contributed by atoms with Crippen molar-refractivity contribution in [3.05, 3.63) is 57.0 Å². The minimum absolute atomic E-state index is 0.0918. The van der Waals surface area contributed by atoms with Crippen LogP contribution < -0.4 is 4.90 Å². The van der Waals surface area contributed by atoms with Crippen molar-refractivity contribution in [2.45, 2.75) is 0 Å². The summed E-state index contributed by atoms with van der Waals surface area (Å²) in [6.07, 6.45) is 0. The van der Waals surface area contributed by atoms with Crippen LogP contribution in [0.15, 0.2) is 51.4 Å². The van der Waals surface area contributed by atoms with Gasteiger partial charge in [0.2, 0.25) is 0 Å². The highest BCUT2D eigenvalue weighted by Gasteiger charge is 2.24. The molecule has 0 atom stereocenters. The second-order valence-electron chi connectivity index (χ2n) is 5.90. The lowest BCUT2D eigenvalue weighted by Crippen LogP contribution is -2.48. The first-order valence-corrected chi connectivity index (χ1v) is 10.4. The smallest absolute Gasteiger partial charge is 0.254 e. The number of benzene rings is 2. The van der Waals surface area contributed by atoms with Gasteiger partial charge in [-0.3, -0.25) is 4.79 Å². The fourth-order valence-electron chi connectivity index (χ4n) is 2.93. The molecular weight excluding hydrogens is 466 g/mol. The Morgan fingerprint density at radius 2 is 1.76 bits per heavy atom. The molecule has 3 aromatic rings. The summed E-state index contributed by atoms with van der Waals surface area (Å²) in [6.45, 7) is 3.04. The second kappa shape index (κ2) is 7.05. The Kier molecular flexibility index (Phi) is 4.80. The molecule has 0 aliphatic carbocycles. The summed E-state index contributed by atoms with van der Waals surface area (Å²) in [6, 6.07) is 13.7. The third-order valence-electron chi connectivity index (χ3n) is 4.25. The van der Waals surface area contributed by atoms with E-state index in [2.05, 4.69) is 42.8 Å². The van der Waals surface area contributed by atoms with Crippen molar-refractivity contribution < 1.29 is 4.79 Å². The van der Waals surface area contributed by atoms with Gasteiger partial charge in [-0.25, -0.2) is 4.98 Å². The number of rotatable bonds is 2. The average molecular weight is 481 g/mol. The van der Waals surface area contributed by atoms with E-state index in [0.29, 0.717) is 13.1 Å². The van der Waals surface area contributed by atoms with Crippen LogP contribution in [0.5, 0.6) is 0 Å². The lowest BCUT2D eigenvalue weighted by molar-refractivity contribution is 0.0746. The number of amides is 1. The summed E-state index contributed by atoms with van der Waals surface area (Å²) in [7, 11) is 0. The number of piperazine rings is 1. The van der Waals surface area contributed by atoms with Crippen LogP contribution in [0.1, 0.15) is 10.4 Å². The number of hydrogen-bond donors (Lipinski definition) is 0. The van der Waals surface area contributed by atoms with Gasteiger partial charge in [0.25, 0.3) is 5.91 Å². The van der Waals surface area contributed by atoms with Crippen LogP contribution in [-0.2, 0) is 0 Å². The molecule has 1 aliphatic rings. The molecule has 4 rings (SSSR count). The number of nitrogens with zero attached hydrogens (tertiary/aromatic N) is 3. The lowest BCUT2D eigenvalue weighted by atomic mass is 10.2. The Labute approximate surface area is 166 Å². The van der Waals surface area contributed by atoms with Crippen molar-refractivity contribution in [3.63, 3.8) is 0 Å². The van der Waals surface area contributed by atoms with E-state index in [1.165, 1.54) is 4.70 Å². The third-order valence-corrected chi connectivity index (χ3v) is 6.31. The van der Waals surface area contributed by atoms with Gasteiger partial charge in [-0.05, 0) is 36.4 Å². The van der Waals surface area contributed by atoms with Gasteiger partial charge >= 0.3 is 0 Å². The number of anilines is 1. The standard InChI is InChI=1S/C18H15Br2N3OS/c19-13-3-1-2-12(10-13)17(24)22-6-8-23(9-7-22)18-21-15-5-4-14(20)11-16(15)25-18/h1-5,10-11H,6-9H2. The van der Waals surface area contributed by atoms with Crippen LogP contribution in [0.4, 0.5) is 5.13 Å². The summed E-state index contributed by atoms with van der Waals surface area (Å²) in [5, 5.41) is 1.03. The van der Waals surface area contributed by atoms with E-state index in [1.807, 2.05) is 41.3 Å². The van der Waals surface area contributed by atoms with Crippen molar-refractivity contribution in [2.24, 2.45) is 0 Å². The van der Waals surface area contributed by atoms with E-state index in [9.17, 15) is 4.79 Å². The molecule has 0 bridgehead atoms. The summed E-state index contributed by atoms with van der Waals surface area (Å²) >= 11 is 8.63. The molecule has 1 fully saturated rings. The van der Waals surface area contributed by atoms with E-state index in [-0.39, 0.29) is 5.91 Å². The van der Waals surface area contributed by atoms with Crippen molar-refractivity contribution in [1.82, 2.24) is 9.88 Å². The highest BCUT2D eigenvalue weighted by molar-refractivity contribution is 9.10. The van der Waals surface area contributed by atoms with E-state index in [1.54, 1.807) is 11.3 Å². The first kappa shape index (κ1) is 17.0. The first-order valence-electron chi connectivity index (χ1n) is 7.96. The minimum atomic E-state index is 0.0918. The highest BCUT2D eigenvalue weighted by atomic mass is 79.9. The van der Waals surface area contributed by atoms with Gasteiger partial charge in [0, 0.05) is 40.7 Å². The van der Waals surface area contributed by atoms with Crippen LogP contribution in [0, 0.1) is 0 Å². The molecule has 0 saturated carbocycles. The third kappa shape index (κ3) is 3.59. The minimum Gasteiger partial charge on any atom is -0.345 e. The van der Waals surface area contributed by atoms with E-state index >= 15 is 0 Å². The van der Waals surface area contributed by atoms with Crippen molar-refractivity contribution in [3.8, 4) is 0 Å². The number of halogens is 2. The van der Waals surface area contributed by atoms with Gasteiger partial charge < -0.3 is 9.80 Å². The number of aromatic nitrogens is 1. The zero-order valence-electron chi connectivity index (χ0n) is 13.3. The SMILES string of the molecule is O=C(c1cccc(Br)c1)N1CCN(c2nc3ccc(Br)cc3s2)CC1. The average Bonchev–Trinajstić information content (AvgIpc) is 3.04. The van der Waals surface area contributed by atoms with E-state index in [0.717, 1.165) is 38.2 Å².